The predicted octanol–water partition coefficient (Wildman–Crippen LogP) is 3.55. The summed E-state index contributed by atoms with van der Waals surface area (Å²) in [7, 11) is 0. The second kappa shape index (κ2) is 5.94. The highest BCUT2D eigenvalue weighted by atomic mass is 32.2. The molecule has 1 aromatic carbocycles. The summed E-state index contributed by atoms with van der Waals surface area (Å²) in [5.41, 5.74) is 0. The minimum absolute atomic E-state index is 0.119. The van der Waals surface area contributed by atoms with Crippen LogP contribution in [0.2, 0.25) is 0 Å². The third-order valence-corrected chi connectivity index (χ3v) is 3.21. The number of thioether (sulfide) groups is 1. The van der Waals surface area contributed by atoms with Gasteiger partial charge in [0.15, 0.2) is 0 Å². The Kier molecular flexibility index (Phi) is 4.86. The van der Waals surface area contributed by atoms with E-state index in [1.165, 1.54) is 0 Å². The number of hydrogen-bond acceptors (Lipinski definition) is 2. The Hall–Kier alpha value is -0.970. The lowest BCUT2D eigenvalue weighted by Gasteiger charge is -2.17. The number of rotatable bonds is 5. The summed E-state index contributed by atoms with van der Waals surface area (Å²) in [6.45, 7) is 0. The Morgan fingerprint density at radius 1 is 1.25 bits per heavy atom. The molecule has 0 unspecified atom stereocenters. The van der Waals surface area contributed by atoms with Crippen molar-refractivity contribution in [2.45, 2.75) is 17.5 Å². The average Bonchev–Trinajstić information content (AvgIpc) is 2.24. The second-order valence-corrected chi connectivity index (χ2v) is 4.36. The lowest BCUT2D eigenvalue weighted by Crippen LogP contribution is -2.25. The number of alkyl halides is 3. The highest BCUT2D eigenvalue weighted by Crippen LogP contribution is 2.33. The molecule has 0 amide bonds. The molecule has 16 heavy (non-hydrogen) atoms. The number of carbonyl (C=O) groups excluding carboxylic acids is 1. The van der Waals surface area contributed by atoms with Crippen LogP contribution in [-0.2, 0) is 4.79 Å². The zero-order chi connectivity index (χ0) is 12.0. The molecule has 1 aromatic rings. The first-order chi connectivity index (χ1) is 7.54. The van der Waals surface area contributed by atoms with E-state index in [-0.39, 0.29) is 5.75 Å². The van der Waals surface area contributed by atoms with Crippen molar-refractivity contribution in [2.75, 3.05) is 5.75 Å². The Morgan fingerprint density at radius 2 is 1.88 bits per heavy atom. The van der Waals surface area contributed by atoms with Crippen LogP contribution in [0.15, 0.2) is 35.2 Å². The van der Waals surface area contributed by atoms with Gasteiger partial charge in [-0.1, -0.05) is 18.2 Å². The van der Waals surface area contributed by atoms with Gasteiger partial charge in [0.25, 0.3) is 0 Å². The Morgan fingerprint density at radius 3 is 2.38 bits per heavy atom. The highest BCUT2D eigenvalue weighted by Gasteiger charge is 2.38. The van der Waals surface area contributed by atoms with E-state index in [1.54, 1.807) is 30.3 Å². The molecule has 0 N–H and O–H groups in total. The number of benzene rings is 1. The maximum atomic E-state index is 12.4. The third-order valence-electron chi connectivity index (χ3n) is 2.04. The van der Waals surface area contributed by atoms with Crippen LogP contribution in [0.4, 0.5) is 13.2 Å². The first kappa shape index (κ1) is 13.1. The van der Waals surface area contributed by atoms with Gasteiger partial charge in [0.2, 0.25) is 0 Å². The quantitative estimate of drug-likeness (QED) is 0.585. The van der Waals surface area contributed by atoms with Gasteiger partial charge in [-0.3, -0.25) is 0 Å². The molecule has 0 spiro atoms. The first-order valence-electron chi connectivity index (χ1n) is 4.72. The van der Waals surface area contributed by atoms with Gasteiger partial charge in [-0.2, -0.15) is 13.2 Å². The van der Waals surface area contributed by atoms with Crippen LogP contribution >= 0.6 is 11.8 Å². The fourth-order valence-electron chi connectivity index (χ4n) is 1.13. The Bertz CT molecular complexity index is 324. The molecule has 1 nitrogen and oxygen atoms in total. The van der Waals surface area contributed by atoms with Crippen molar-refractivity contribution < 1.29 is 18.0 Å². The van der Waals surface area contributed by atoms with Crippen molar-refractivity contribution in [3.05, 3.63) is 30.3 Å². The molecule has 0 aliphatic rings. The monoisotopic (exact) mass is 248 g/mol. The molecule has 0 aliphatic heterocycles. The lowest BCUT2D eigenvalue weighted by molar-refractivity contribution is -0.170. The van der Waals surface area contributed by atoms with Crippen LogP contribution in [-0.4, -0.2) is 18.2 Å². The smallest absolute Gasteiger partial charge is 0.303 e. The van der Waals surface area contributed by atoms with Crippen molar-refractivity contribution in [1.82, 2.24) is 0 Å². The van der Waals surface area contributed by atoms with E-state index in [9.17, 15) is 18.0 Å². The molecule has 88 valence electrons. The van der Waals surface area contributed by atoms with Gasteiger partial charge in [-0.15, -0.1) is 11.8 Å². The Balaban J connectivity index is 2.54. The predicted molar refractivity (Wildman–Crippen MR) is 57.4 cm³/mol. The normalized spacial score (nSPS) is 13.4. The molecular weight excluding hydrogens is 237 g/mol. The molecule has 0 bridgehead atoms. The topological polar surface area (TPSA) is 17.1 Å². The molecule has 0 aromatic heterocycles. The van der Waals surface area contributed by atoms with Gasteiger partial charge in [-0.05, 0) is 12.1 Å². The fraction of sp³-hybridized carbons (Fsp3) is 0.364. The van der Waals surface area contributed by atoms with Gasteiger partial charge in [0, 0.05) is 17.1 Å². The first-order valence-corrected chi connectivity index (χ1v) is 5.71. The van der Waals surface area contributed by atoms with Crippen LogP contribution in [0.5, 0.6) is 0 Å². The lowest BCUT2D eigenvalue weighted by atomic mass is 10.1. The summed E-state index contributed by atoms with van der Waals surface area (Å²) in [5.74, 6) is -1.68. The van der Waals surface area contributed by atoms with E-state index in [2.05, 4.69) is 0 Å². The third kappa shape index (κ3) is 4.26. The van der Waals surface area contributed by atoms with Gasteiger partial charge >= 0.3 is 6.18 Å². The number of hydrogen-bond donors (Lipinski definition) is 0. The van der Waals surface area contributed by atoms with E-state index in [0.29, 0.717) is 6.29 Å². The molecule has 0 saturated carbocycles. The van der Waals surface area contributed by atoms with E-state index >= 15 is 0 Å². The number of carbonyl (C=O) groups is 1. The second-order valence-electron chi connectivity index (χ2n) is 3.26. The van der Waals surface area contributed by atoms with E-state index in [1.807, 2.05) is 0 Å². The molecule has 0 heterocycles. The number of halogens is 3. The van der Waals surface area contributed by atoms with Gasteiger partial charge in [-0.25, -0.2) is 0 Å². The van der Waals surface area contributed by atoms with Crippen molar-refractivity contribution in [1.29, 1.82) is 0 Å². The minimum atomic E-state index is -4.30. The number of aldehydes is 1. The average molecular weight is 248 g/mol. The van der Waals surface area contributed by atoms with E-state index in [0.717, 1.165) is 16.7 Å². The van der Waals surface area contributed by atoms with Crippen molar-refractivity contribution >= 4 is 18.0 Å². The molecule has 1 atom stereocenters. The summed E-state index contributed by atoms with van der Waals surface area (Å²) in [6.07, 6.45) is -4.45. The summed E-state index contributed by atoms with van der Waals surface area (Å²) in [4.78, 5) is 10.9. The molecule has 5 heteroatoms. The molecular formula is C11H11F3OS. The molecule has 1 rings (SSSR count). The summed E-state index contributed by atoms with van der Waals surface area (Å²) >= 11 is 1.12. The summed E-state index contributed by atoms with van der Waals surface area (Å²) < 4.78 is 37.3. The van der Waals surface area contributed by atoms with Crippen molar-refractivity contribution in [3.63, 3.8) is 0 Å². The van der Waals surface area contributed by atoms with Crippen LogP contribution in [0.3, 0.4) is 0 Å². The summed E-state index contributed by atoms with van der Waals surface area (Å²) in [5, 5.41) is 0. The maximum Gasteiger partial charge on any atom is 0.393 e. The van der Waals surface area contributed by atoms with Gasteiger partial charge < -0.3 is 4.79 Å². The van der Waals surface area contributed by atoms with Crippen molar-refractivity contribution in [3.8, 4) is 0 Å². The molecule has 0 aliphatic carbocycles. The van der Waals surface area contributed by atoms with Gasteiger partial charge in [0.05, 0.1) is 5.92 Å². The molecule has 0 saturated heterocycles. The maximum absolute atomic E-state index is 12.4. The van der Waals surface area contributed by atoms with Gasteiger partial charge in [0.1, 0.15) is 6.29 Å². The standard InChI is InChI=1S/C11H11F3OS/c12-11(13,14)9(6-7-15)8-16-10-4-2-1-3-5-10/h1-5,7,9H,6,8H2/t9-/m1/s1. The van der Waals surface area contributed by atoms with Crippen LogP contribution in [0, 0.1) is 5.92 Å². The minimum Gasteiger partial charge on any atom is -0.303 e. The van der Waals surface area contributed by atoms with Crippen LogP contribution < -0.4 is 0 Å². The molecule has 0 fully saturated rings. The van der Waals surface area contributed by atoms with Crippen LogP contribution in [0.1, 0.15) is 6.42 Å². The van der Waals surface area contributed by atoms with Crippen molar-refractivity contribution in [2.24, 2.45) is 5.92 Å². The zero-order valence-electron chi connectivity index (χ0n) is 8.41. The van der Waals surface area contributed by atoms with E-state index < -0.39 is 18.5 Å². The Labute approximate surface area is 96.0 Å². The van der Waals surface area contributed by atoms with E-state index in [4.69, 9.17) is 0 Å². The largest absolute Gasteiger partial charge is 0.393 e. The SMILES string of the molecule is O=CC[C@H](CSc1ccccc1)C(F)(F)F. The highest BCUT2D eigenvalue weighted by molar-refractivity contribution is 7.99. The summed E-state index contributed by atoms with van der Waals surface area (Å²) in [6, 6.07) is 8.84. The molecule has 0 radical (unpaired) electrons. The zero-order valence-corrected chi connectivity index (χ0v) is 9.22. The van der Waals surface area contributed by atoms with Crippen LogP contribution in [0.25, 0.3) is 0 Å². The fourth-order valence-corrected chi connectivity index (χ4v) is 2.19.